The molecule has 110 valence electrons. The maximum absolute atomic E-state index is 12.2. The molecule has 0 aromatic carbocycles. The Morgan fingerprint density at radius 1 is 1.52 bits per heavy atom. The van der Waals surface area contributed by atoms with Crippen LogP contribution in [0, 0.1) is 5.92 Å². The van der Waals surface area contributed by atoms with Crippen LogP contribution in [0.4, 0.5) is 0 Å². The van der Waals surface area contributed by atoms with Crippen LogP contribution in [0.1, 0.15) is 29.6 Å². The number of aromatic nitrogens is 2. The van der Waals surface area contributed by atoms with Gasteiger partial charge in [-0.25, -0.2) is 4.98 Å². The minimum atomic E-state index is -0.963. The summed E-state index contributed by atoms with van der Waals surface area (Å²) in [5, 5.41) is 13.2. The van der Waals surface area contributed by atoms with Crippen LogP contribution in [0.15, 0.2) is 22.6 Å². The van der Waals surface area contributed by atoms with Gasteiger partial charge in [-0.3, -0.25) is 18.8 Å². The minimum absolute atomic E-state index is 0.0676. The summed E-state index contributed by atoms with van der Waals surface area (Å²) in [6.07, 6.45) is 4.47. The molecule has 0 bridgehead atoms. The van der Waals surface area contributed by atoms with Crippen LogP contribution < -0.4 is 10.9 Å². The Hall–Kier alpha value is -2.22. The molecule has 1 atom stereocenters. The molecule has 1 aliphatic rings. The second kappa shape index (κ2) is 5.28. The average Bonchev–Trinajstić information content (AvgIpc) is 3.16. The SMILES string of the molecule is O=C(O)CC(NC(=O)c1cnc2sccn2c1=O)C1CC1. The van der Waals surface area contributed by atoms with Crippen molar-refractivity contribution in [3.63, 3.8) is 0 Å². The summed E-state index contributed by atoms with van der Waals surface area (Å²) in [6, 6.07) is -0.433. The van der Waals surface area contributed by atoms with Crippen molar-refractivity contribution < 1.29 is 14.7 Å². The number of carbonyl (C=O) groups is 2. The molecule has 0 spiro atoms. The zero-order valence-electron chi connectivity index (χ0n) is 11.0. The highest BCUT2D eigenvalue weighted by Crippen LogP contribution is 2.34. The predicted octanol–water partition coefficient (Wildman–Crippen LogP) is 0.739. The van der Waals surface area contributed by atoms with Crippen LogP contribution >= 0.6 is 11.3 Å². The van der Waals surface area contributed by atoms with Crippen LogP contribution in [0.3, 0.4) is 0 Å². The van der Waals surface area contributed by atoms with Gasteiger partial charge in [-0.15, -0.1) is 11.3 Å². The van der Waals surface area contributed by atoms with Crippen molar-refractivity contribution in [3.8, 4) is 0 Å². The first-order valence-electron chi connectivity index (χ1n) is 6.54. The molecule has 1 aliphatic carbocycles. The number of nitrogens with one attached hydrogen (secondary N) is 1. The summed E-state index contributed by atoms with van der Waals surface area (Å²) in [5.74, 6) is -1.34. The molecule has 0 aliphatic heterocycles. The van der Waals surface area contributed by atoms with Gasteiger partial charge in [-0.1, -0.05) is 0 Å². The van der Waals surface area contributed by atoms with Crippen molar-refractivity contribution in [2.24, 2.45) is 5.92 Å². The summed E-state index contributed by atoms with van der Waals surface area (Å²) in [7, 11) is 0. The number of carboxylic acid groups (broad SMARTS) is 1. The van der Waals surface area contributed by atoms with Gasteiger partial charge in [0, 0.05) is 23.8 Å². The number of aliphatic carboxylic acids is 1. The lowest BCUT2D eigenvalue weighted by molar-refractivity contribution is -0.137. The maximum atomic E-state index is 12.2. The molecule has 2 aromatic heterocycles. The molecule has 21 heavy (non-hydrogen) atoms. The quantitative estimate of drug-likeness (QED) is 0.848. The highest BCUT2D eigenvalue weighted by molar-refractivity contribution is 7.15. The van der Waals surface area contributed by atoms with Crippen molar-refractivity contribution in [1.82, 2.24) is 14.7 Å². The second-order valence-electron chi connectivity index (χ2n) is 5.05. The van der Waals surface area contributed by atoms with Gasteiger partial charge in [-0.2, -0.15) is 0 Å². The van der Waals surface area contributed by atoms with Crippen LogP contribution in [0.5, 0.6) is 0 Å². The van der Waals surface area contributed by atoms with Crippen molar-refractivity contribution >= 4 is 28.2 Å². The molecule has 7 nitrogen and oxygen atoms in total. The predicted molar refractivity (Wildman–Crippen MR) is 75.6 cm³/mol. The molecule has 2 heterocycles. The molecule has 8 heteroatoms. The van der Waals surface area contributed by atoms with Crippen molar-refractivity contribution in [1.29, 1.82) is 0 Å². The van der Waals surface area contributed by atoms with Gasteiger partial charge in [0.1, 0.15) is 5.56 Å². The molecular weight excluding hydrogens is 294 g/mol. The summed E-state index contributed by atoms with van der Waals surface area (Å²) < 4.78 is 1.31. The van der Waals surface area contributed by atoms with Gasteiger partial charge in [-0.05, 0) is 18.8 Å². The van der Waals surface area contributed by atoms with Gasteiger partial charge >= 0.3 is 5.97 Å². The van der Waals surface area contributed by atoms with E-state index in [1.54, 1.807) is 11.6 Å². The Labute approximate surface area is 123 Å². The van der Waals surface area contributed by atoms with Crippen molar-refractivity contribution in [2.45, 2.75) is 25.3 Å². The number of thiazole rings is 1. The molecule has 3 rings (SSSR count). The first kappa shape index (κ1) is 13.7. The fourth-order valence-electron chi connectivity index (χ4n) is 2.25. The second-order valence-corrected chi connectivity index (χ2v) is 5.92. The molecule has 1 unspecified atom stereocenters. The maximum Gasteiger partial charge on any atom is 0.305 e. The van der Waals surface area contributed by atoms with E-state index in [4.69, 9.17) is 5.11 Å². The number of carboxylic acids is 1. The van der Waals surface area contributed by atoms with E-state index < -0.39 is 23.5 Å². The van der Waals surface area contributed by atoms with Gasteiger partial charge in [0.05, 0.1) is 6.42 Å². The third-order valence-electron chi connectivity index (χ3n) is 3.49. The molecular formula is C13H13N3O4S. The zero-order valence-corrected chi connectivity index (χ0v) is 11.8. The van der Waals surface area contributed by atoms with Crippen LogP contribution in [0.2, 0.25) is 0 Å². The van der Waals surface area contributed by atoms with E-state index in [0.717, 1.165) is 12.8 Å². The highest BCUT2D eigenvalue weighted by atomic mass is 32.1. The summed E-state index contributed by atoms with van der Waals surface area (Å²) >= 11 is 1.30. The van der Waals surface area contributed by atoms with Crippen molar-refractivity contribution in [3.05, 3.63) is 33.7 Å². The third-order valence-corrected chi connectivity index (χ3v) is 4.26. The average molecular weight is 307 g/mol. The third kappa shape index (κ3) is 2.80. The molecule has 0 saturated heterocycles. The van der Waals surface area contributed by atoms with Crippen LogP contribution in [-0.4, -0.2) is 32.4 Å². The lowest BCUT2D eigenvalue weighted by Gasteiger charge is -2.15. The van der Waals surface area contributed by atoms with E-state index in [1.165, 1.54) is 21.9 Å². The normalized spacial score (nSPS) is 15.8. The molecule has 1 amide bonds. The van der Waals surface area contributed by atoms with E-state index >= 15 is 0 Å². The number of rotatable bonds is 5. The van der Waals surface area contributed by atoms with E-state index in [1.807, 2.05) is 0 Å². The monoisotopic (exact) mass is 307 g/mol. The first-order chi connectivity index (χ1) is 10.1. The Balaban J connectivity index is 1.84. The standard InChI is InChI=1S/C13H13N3O4S/c17-10(18)5-9(7-1-2-7)15-11(19)8-6-14-13-16(12(8)20)3-4-21-13/h3-4,6-7,9H,1-2,5H2,(H,15,19)(H,17,18). The highest BCUT2D eigenvalue weighted by Gasteiger charge is 2.34. The number of nitrogens with zero attached hydrogens (tertiary/aromatic N) is 2. The van der Waals surface area contributed by atoms with Crippen LogP contribution in [0.25, 0.3) is 4.96 Å². The van der Waals surface area contributed by atoms with Gasteiger partial charge < -0.3 is 10.4 Å². The van der Waals surface area contributed by atoms with E-state index in [9.17, 15) is 14.4 Å². The number of hydrogen-bond donors (Lipinski definition) is 2. The van der Waals surface area contributed by atoms with Gasteiger partial charge in [0.15, 0.2) is 4.96 Å². The number of hydrogen-bond acceptors (Lipinski definition) is 5. The smallest absolute Gasteiger partial charge is 0.305 e. The van der Waals surface area contributed by atoms with Crippen LogP contribution in [-0.2, 0) is 4.79 Å². The number of fused-ring (bicyclic) bond motifs is 1. The van der Waals surface area contributed by atoms with E-state index in [0.29, 0.717) is 4.96 Å². The Morgan fingerprint density at radius 2 is 2.29 bits per heavy atom. The first-order valence-corrected chi connectivity index (χ1v) is 7.41. The lowest BCUT2D eigenvalue weighted by Crippen LogP contribution is -2.40. The molecule has 2 N–H and O–H groups in total. The Bertz CT molecular complexity index is 762. The molecule has 2 aromatic rings. The van der Waals surface area contributed by atoms with Crippen molar-refractivity contribution in [2.75, 3.05) is 0 Å². The lowest BCUT2D eigenvalue weighted by atomic mass is 10.1. The number of carbonyl (C=O) groups excluding carboxylic acids is 1. The minimum Gasteiger partial charge on any atom is -0.481 e. The fourth-order valence-corrected chi connectivity index (χ4v) is 2.92. The summed E-state index contributed by atoms with van der Waals surface area (Å²) in [6.45, 7) is 0. The number of amides is 1. The molecule has 1 fully saturated rings. The fraction of sp³-hybridized carbons (Fsp3) is 0.385. The summed E-state index contributed by atoms with van der Waals surface area (Å²) in [5.41, 5.74) is -0.509. The van der Waals surface area contributed by atoms with Gasteiger partial charge in [0.25, 0.3) is 11.5 Å². The largest absolute Gasteiger partial charge is 0.481 e. The molecule has 1 saturated carbocycles. The zero-order chi connectivity index (χ0) is 15.0. The molecule has 0 radical (unpaired) electrons. The van der Waals surface area contributed by atoms with E-state index in [2.05, 4.69) is 10.3 Å². The summed E-state index contributed by atoms with van der Waals surface area (Å²) in [4.78, 5) is 39.8. The van der Waals surface area contributed by atoms with E-state index in [-0.39, 0.29) is 17.9 Å². The Kier molecular flexibility index (Phi) is 3.46. The van der Waals surface area contributed by atoms with Gasteiger partial charge in [0.2, 0.25) is 0 Å². The Morgan fingerprint density at radius 3 is 2.95 bits per heavy atom. The topological polar surface area (TPSA) is 101 Å².